The molecule has 0 saturated carbocycles. The fourth-order valence-electron chi connectivity index (χ4n) is 2.10. The van der Waals surface area contributed by atoms with Gasteiger partial charge in [-0.25, -0.2) is 0 Å². The average molecular weight is 338 g/mol. The van der Waals surface area contributed by atoms with Crippen molar-refractivity contribution in [2.45, 2.75) is 0 Å². The third-order valence-electron chi connectivity index (χ3n) is 3.21. The SMILES string of the molecule is O=C(NCC(=O)N1C=CS(=O)C1)c1cc2cc(Cl)ccc2[nH]1. The van der Waals surface area contributed by atoms with Gasteiger partial charge in [-0.2, -0.15) is 0 Å². The van der Waals surface area contributed by atoms with Crippen LogP contribution in [-0.2, 0) is 15.6 Å². The van der Waals surface area contributed by atoms with Gasteiger partial charge >= 0.3 is 0 Å². The van der Waals surface area contributed by atoms with E-state index >= 15 is 0 Å². The zero-order chi connectivity index (χ0) is 15.7. The molecule has 8 heteroatoms. The van der Waals surface area contributed by atoms with Crippen LogP contribution < -0.4 is 5.32 Å². The molecule has 1 aliphatic heterocycles. The molecule has 0 spiro atoms. The standard InChI is InChI=1S/C14H12ClN3O3S/c15-10-1-2-11-9(5-10)6-12(17-11)14(20)16-7-13(19)18-3-4-22(21)8-18/h1-6,17H,7-8H2,(H,16,20). The molecule has 0 bridgehead atoms. The summed E-state index contributed by atoms with van der Waals surface area (Å²) >= 11 is 5.90. The maximum Gasteiger partial charge on any atom is 0.268 e. The van der Waals surface area contributed by atoms with Crippen molar-refractivity contribution in [2.24, 2.45) is 0 Å². The van der Waals surface area contributed by atoms with Crippen molar-refractivity contribution < 1.29 is 13.8 Å². The van der Waals surface area contributed by atoms with E-state index in [4.69, 9.17) is 11.6 Å². The second-order valence-electron chi connectivity index (χ2n) is 4.76. The molecule has 3 rings (SSSR count). The van der Waals surface area contributed by atoms with Crippen LogP contribution in [0.25, 0.3) is 10.9 Å². The third kappa shape index (κ3) is 3.05. The number of aromatic amines is 1. The van der Waals surface area contributed by atoms with Gasteiger partial charge in [0.1, 0.15) is 11.6 Å². The first-order valence-corrected chi connectivity index (χ1v) is 8.20. The van der Waals surface area contributed by atoms with Crippen LogP contribution in [0.4, 0.5) is 0 Å². The molecule has 2 N–H and O–H groups in total. The molecule has 22 heavy (non-hydrogen) atoms. The molecule has 0 aliphatic carbocycles. The van der Waals surface area contributed by atoms with Gasteiger partial charge in [0, 0.05) is 27.5 Å². The van der Waals surface area contributed by atoms with E-state index in [0.29, 0.717) is 10.7 Å². The van der Waals surface area contributed by atoms with Crippen LogP contribution in [-0.4, -0.2) is 38.3 Å². The molecule has 2 heterocycles. The van der Waals surface area contributed by atoms with Crippen LogP contribution in [0.2, 0.25) is 5.02 Å². The fraction of sp³-hybridized carbons (Fsp3) is 0.143. The number of amides is 2. The molecule has 2 amide bonds. The Labute approximate surface area is 133 Å². The summed E-state index contributed by atoms with van der Waals surface area (Å²) in [5.41, 5.74) is 1.14. The zero-order valence-corrected chi connectivity index (χ0v) is 12.9. The summed E-state index contributed by atoms with van der Waals surface area (Å²) < 4.78 is 11.2. The number of nitrogens with zero attached hydrogens (tertiary/aromatic N) is 1. The van der Waals surface area contributed by atoms with Crippen LogP contribution in [0.1, 0.15) is 10.5 Å². The number of carbonyl (C=O) groups excluding carboxylic acids is 2. The van der Waals surface area contributed by atoms with Gasteiger partial charge < -0.3 is 15.2 Å². The monoisotopic (exact) mass is 337 g/mol. The summed E-state index contributed by atoms with van der Waals surface area (Å²) in [5.74, 6) is -0.556. The Bertz CT molecular complexity index is 815. The molecule has 1 aliphatic rings. The number of H-pyrrole nitrogens is 1. The minimum absolute atomic E-state index is 0.138. The van der Waals surface area contributed by atoms with E-state index in [9.17, 15) is 13.8 Å². The van der Waals surface area contributed by atoms with Crippen LogP contribution >= 0.6 is 11.6 Å². The summed E-state index contributed by atoms with van der Waals surface area (Å²) in [7, 11) is -1.14. The van der Waals surface area contributed by atoms with Gasteiger partial charge in [-0.05, 0) is 24.3 Å². The predicted octanol–water partition coefficient (Wildman–Crippen LogP) is 1.57. The first-order chi connectivity index (χ1) is 10.5. The number of benzene rings is 1. The van der Waals surface area contributed by atoms with E-state index in [0.717, 1.165) is 10.9 Å². The highest BCUT2D eigenvalue weighted by molar-refractivity contribution is 7.88. The molecule has 114 valence electrons. The largest absolute Gasteiger partial charge is 0.351 e. The normalized spacial score (nSPS) is 17.1. The molecule has 0 radical (unpaired) electrons. The minimum Gasteiger partial charge on any atom is -0.351 e. The van der Waals surface area contributed by atoms with E-state index in [1.165, 1.54) is 16.5 Å². The Balaban J connectivity index is 1.64. The maximum atomic E-state index is 12.1. The lowest BCUT2D eigenvalue weighted by molar-refractivity contribution is -0.126. The van der Waals surface area contributed by atoms with Gasteiger partial charge in [-0.1, -0.05) is 11.6 Å². The molecule has 2 aromatic rings. The fourth-order valence-corrected chi connectivity index (χ4v) is 3.15. The Morgan fingerprint density at radius 2 is 2.18 bits per heavy atom. The number of rotatable bonds is 3. The van der Waals surface area contributed by atoms with Crippen molar-refractivity contribution in [3.8, 4) is 0 Å². The van der Waals surface area contributed by atoms with Gasteiger partial charge in [0.05, 0.1) is 17.3 Å². The molecular weight excluding hydrogens is 326 g/mol. The van der Waals surface area contributed by atoms with Crippen molar-refractivity contribution in [2.75, 3.05) is 12.4 Å². The number of fused-ring (bicyclic) bond motifs is 1. The molecule has 1 unspecified atom stereocenters. The highest BCUT2D eigenvalue weighted by Crippen LogP contribution is 2.20. The van der Waals surface area contributed by atoms with Crippen molar-refractivity contribution >= 4 is 45.1 Å². The number of halogens is 1. The summed E-state index contributed by atoms with van der Waals surface area (Å²) in [6, 6.07) is 6.93. The lowest BCUT2D eigenvalue weighted by Crippen LogP contribution is -2.37. The van der Waals surface area contributed by atoms with E-state index in [-0.39, 0.29) is 24.2 Å². The number of hydrogen-bond acceptors (Lipinski definition) is 3. The smallest absolute Gasteiger partial charge is 0.268 e. The van der Waals surface area contributed by atoms with Crippen LogP contribution in [0.3, 0.4) is 0 Å². The second-order valence-corrected chi connectivity index (χ2v) is 6.48. The third-order valence-corrected chi connectivity index (χ3v) is 4.40. The summed E-state index contributed by atoms with van der Waals surface area (Å²) in [6.07, 6.45) is 1.47. The highest BCUT2D eigenvalue weighted by Gasteiger charge is 2.19. The zero-order valence-electron chi connectivity index (χ0n) is 11.3. The minimum atomic E-state index is -1.14. The number of hydrogen-bond donors (Lipinski definition) is 2. The number of aromatic nitrogens is 1. The number of carbonyl (C=O) groups is 2. The average Bonchev–Trinajstić information content (AvgIpc) is 3.10. The van der Waals surface area contributed by atoms with Gasteiger partial charge in [0.2, 0.25) is 5.91 Å². The lowest BCUT2D eigenvalue weighted by Gasteiger charge is -2.12. The molecular formula is C14H12ClN3O3S. The van der Waals surface area contributed by atoms with Gasteiger partial charge in [-0.3, -0.25) is 13.8 Å². The van der Waals surface area contributed by atoms with Gasteiger partial charge in [0.25, 0.3) is 5.91 Å². The first-order valence-electron chi connectivity index (χ1n) is 6.44. The lowest BCUT2D eigenvalue weighted by atomic mass is 10.2. The van der Waals surface area contributed by atoms with Crippen molar-refractivity contribution in [1.29, 1.82) is 0 Å². The van der Waals surface area contributed by atoms with Crippen molar-refractivity contribution in [1.82, 2.24) is 15.2 Å². The molecule has 0 fully saturated rings. The molecule has 6 nitrogen and oxygen atoms in total. The summed E-state index contributed by atoms with van der Waals surface area (Å²) in [4.78, 5) is 28.2. The van der Waals surface area contributed by atoms with Crippen LogP contribution in [0.15, 0.2) is 35.9 Å². The molecule has 1 aromatic carbocycles. The highest BCUT2D eigenvalue weighted by atomic mass is 35.5. The Morgan fingerprint density at radius 1 is 1.36 bits per heavy atom. The van der Waals surface area contributed by atoms with E-state index in [1.807, 2.05) is 0 Å². The Kier molecular flexibility index (Phi) is 4.00. The van der Waals surface area contributed by atoms with Crippen molar-refractivity contribution in [3.63, 3.8) is 0 Å². The maximum absolute atomic E-state index is 12.1. The van der Waals surface area contributed by atoms with E-state index < -0.39 is 10.8 Å². The van der Waals surface area contributed by atoms with E-state index in [1.54, 1.807) is 24.3 Å². The molecule has 1 atom stereocenters. The summed E-state index contributed by atoms with van der Waals surface area (Å²) in [5, 5.41) is 5.39. The first kappa shape index (κ1) is 14.8. The van der Waals surface area contributed by atoms with E-state index in [2.05, 4.69) is 10.3 Å². The van der Waals surface area contributed by atoms with Crippen LogP contribution in [0.5, 0.6) is 0 Å². The second kappa shape index (κ2) is 5.94. The van der Waals surface area contributed by atoms with Crippen molar-refractivity contribution in [3.05, 3.63) is 46.6 Å². The van der Waals surface area contributed by atoms with Gasteiger partial charge in [0.15, 0.2) is 0 Å². The van der Waals surface area contributed by atoms with Gasteiger partial charge in [-0.15, -0.1) is 0 Å². The Hall–Kier alpha value is -2.12. The molecule has 1 aromatic heterocycles. The predicted molar refractivity (Wildman–Crippen MR) is 84.6 cm³/mol. The number of nitrogens with one attached hydrogen (secondary N) is 2. The Morgan fingerprint density at radius 3 is 2.91 bits per heavy atom. The topological polar surface area (TPSA) is 82.3 Å². The quantitative estimate of drug-likeness (QED) is 0.892. The van der Waals surface area contributed by atoms with Crippen LogP contribution in [0, 0.1) is 0 Å². The molecule has 0 saturated heterocycles. The summed E-state index contributed by atoms with van der Waals surface area (Å²) in [6.45, 7) is -0.156.